The van der Waals surface area contributed by atoms with E-state index in [0.29, 0.717) is 6.42 Å². The molecule has 0 saturated heterocycles. The van der Waals surface area contributed by atoms with Gasteiger partial charge in [-0.2, -0.15) is 0 Å². The number of primary amides is 1. The van der Waals surface area contributed by atoms with Crippen LogP contribution in [0.5, 0.6) is 0 Å². The van der Waals surface area contributed by atoms with Gasteiger partial charge in [-0.1, -0.05) is 93.6 Å². The van der Waals surface area contributed by atoms with Crippen LogP contribution in [0.25, 0.3) is 11.1 Å². The van der Waals surface area contributed by atoms with E-state index in [0.717, 1.165) is 27.8 Å². The van der Waals surface area contributed by atoms with Crippen molar-refractivity contribution in [2.24, 2.45) is 5.73 Å². The fraction of sp³-hybridized carbons (Fsp3) is 0.310. The summed E-state index contributed by atoms with van der Waals surface area (Å²) in [5, 5.41) is 10.2. The average Bonchev–Trinajstić information content (AvgIpc) is 3.10. The van der Waals surface area contributed by atoms with Crippen molar-refractivity contribution in [3.8, 4) is 11.1 Å². The predicted octanol–water partition coefficient (Wildman–Crippen LogP) is 5.56. The highest BCUT2D eigenvalue weighted by Crippen LogP contribution is 2.45. The summed E-state index contributed by atoms with van der Waals surface area (Å²) in [6.07, 6.45) is -0.640. The molecule has 5 nitrogen and oxygen atoms in total. The van der Waals surface area contributed by atoms with Gasteiger partial charge in [-0.25, -0.2) is 4.79 Å². The average molecular weight is 457 g/mol. The standard InChI is InChI=1S/C29H32N2O3/c1-29(2,3)20-14-12-19(13-15-20)16-21(17-27(30)32)31(28(33)34)18-26-24-10-6-4-8-22(24)23-9-5-7-11-25(23)26/h4-15,21,26H,16-18H2,1-3H3,(H2,30,32)(H,33,34)/t21-/m1/s1. The van der Waals surface area contributed by atoms with Crippen LogP contribution in [0.15, 0.2) is 72.8 Å². The number of hydrogen-bond donors (Lipinski definition) is 2. The van der Waals surface area contributed by atoms with E-state index in [1.807, 2.05) is 36.4 Å². The smallest absolute Gasteiger partial charge is 0.407 e. The van der Waals surface area contributed by atoms with E-state index in [1.54, 1.807) is 0 Å². The Morgan fingerprint density at radius 2 is 1.44 bits per heavy atom. The number of hydrogen-bond acceptors (Lipinski definition) is 2. The van der Waals surface area contributed by atoms with Crippen LogP contribution < -0.4 is 5.73 Å². The fourth-order valence-electron chi connectivity index (χ4n) is 4.97. The Balaban J connectivity index is 1.65. The summed E-state index contributed by atoms with van der Waals surface area (Å²) in [5.41, 5.74) is 12.3. The molecule has 1 atom stereocenters. The van der Waals surface area contributed by atoms with Gasteiger partial charge in [-0.15, -0.1) is 0 Å². The van der Waals surface area contributed by atoms with E-state index >= 15 is 0 Å². The van der Waals surface area contributed by atoms with Gasteiger partial charge in [0, 0.05) is 24.9 Å². The highest BCUT2D eigenvalue weighted by Gasteiger charge is 2.34. The third-order valence-electron chi connectivity index (χ3n) is 6.76. The van der Waals surface area contributed by atoms with Crippen LogP contribution in [0.2, 0.25) is 0 Å². The van der Waals surface area contributed by atoms with Crippen LogP contribution in [-0.2, 0) is 16.6 Å². The maximum Gasteiger partial charge on any atom is 0.407 e. The van der Waals surface area contributed by atoms with Gasteiger partial charge in [-0.05, 0) is 45.2 Å². The first-order valence-electron chi connectivity index (χ1n) is 11.7. The number of amides is 2. The summed E-state index contributed by atoms with van der Waals surface area (Å²) in [5.74, 6) is -0.600. The Labute approximate surface area is 201 Å². The van der Waals surface area contributed by atoms with Crippen LogP contribution >= 0.6 is 0 Å². The fourth-order valence-corrected chi connectivity index (χ4v) is 4.97. The minimum Gasteiger partial charge on any atom is -0.465 e. The van der Waals surface area contributed by atoms with E-state index in [1.165, 1.54) is 10.5 Å². The summed E-state index contributed by atoms with van der Waals surface area (Å²) in [7, 11) is 0. The first kappa shape index (κ1) is 23.6. The second-order valence-electron chi connectivity index (χ2n) is 10.1. The molecule has 3 aromatic carbocycles. The van der Waals surface area contributed by atoms with Gasteiger partial charge in [0.1, 0.15) is 0 Å². The van der Waals surface area contributed by atoms with E-state index in [9.17, 15) is 14.7 Å². The molecule has 5 heteroatoms. The number of nitrogens with zero attached hydrogens (tertiary/aromatic N) is 1. The second-order valence-corrected chi connectivity index (χ2v) is 10.1. The molecule has 1 aliphatic carbocycles. The van der Waals surface area contributed by atoms with Crippen LogP contribution in [0.1, 0.15) is 55.4 Å². The molecule has 4 rings (SSSR count). The van der Waals surface area contributed by atoms with Crippen molar-refractivity contribution in [1.82, 2.24) is 4.90 Å². The number of carbonyl (C=O) groups is 2. The summed E-state index contributed by atoms with van der Waals surface area (Å²) >= 11 is 0. The number of carbonyl (C=O) groups excluding carboxylic acids is 1. The highest BCUT2D eigenvalue weighted by molar-refractivity contribution is 5.79. The van der Waals surface area contributed by atoms with Crippen LogP contribution in [0.4, 0.5) is 4.79 Å². The number of benzene rings is 3. The van der Waals surface area contributed by atoms with Crippen molar-refractivity contribution < 1.29 is 14.7 Å². The quantitative estimate of drug-likeness (QED) is 0.488. The van der Waals surface area contributed by atoms with E-state index in [4.69, 9.17) is 5.73 Å². The predicted molar refractivity (Wildman–Crippen MR) is 135 cm³/mol. The summed E-state index contributed by atoms with van der Waals surface area (Å²) in [6.45, 7) is 6.73. The molecule has 0 aromatic heterocycles. The Bertz CT molecular complexity index is 1150. The molecule has 0 bridgehead atoms. The van der Waals surface area contributed by atoms with Crippen LogP contribution in [0, 0.1) is 0 Å². The van der Waals surface area contributed by atoms with Gasteiger partial charge in [-0.3, -0.25) is 4.79 Å². The number of carboxylic acid groups (broad SMARTS) is 1. The van der Waals surface area contributed by atoms with Gasteiger partial charge < -0.3 is 15.7 Å². The summed E-state index contributed by atoms with van der Waals surface area (Å²) in [6, 6.07) is 23.9. The number of rotatable bonds is 7. The molecule has 2 amide bonds. The second kappa shape index (κ2) is 9.34. The zero-order chi connectivity index (χ0) is 24.5. The largest absolute Gasteiger partial charge is 0.465 e. The van der Waals surface area contributed by atoms with Crippen molar-refractivity contribution in [3.05, 3.63) is 95.1 Å². The Morgan fingerprint density at radius 1 is 0.912 bits per heavy atom. The van der Waals surface area contributed by atoms with Gasteiger partial charge in [0.15, 0.2) is 0 Å². The van der Waals surface area contributed by atoms with Crippen molar-refractivity contribution in [2.45, 2.75) is 51.0 Å². The lowest BCUT2D eigenvalue weighted by Gasteiger charge is -2.32. The molecule has 0 radical (unpaired) electrons. The van der Waals surface area contributed by atoms with Crippen molar-refractivity contribution in [3.63, 3.8) is 0 Å². The van der Waals surface area contributed by atoms with Gasteiger partial charge in [0.2, 0.25) is 5.91 Å². The lowest BCUT2D eigenvalue weighted by Crippen LogP contribution is -2.45. The monoisotopic (exact) mass is 456 g/mol. The minimum atomic E-state index is -1.04. The van der Waals surface area contributed by atoms with Crippen molar-refractivity contribution in [1.29, 1.82) is 0 Å². The molecule has 0 fully saturated rings. The van der Waals surface area contributed by atoms with Crippen LogP contribution in [-0.4, -0.2) is 34.6 Å². The summed E-state index contributed by atoms with van der Waals surface area (Å²) in [4.78, 5) is 25.8. The molecular formula is C29H32N2O3. The maximum atomic E-state index is 12.5. The zero-order valence-electron chi connectivity index (χ0n) is 20.0. The molecule has 3 N–H and O–H groups in total. The minimum absolute atomic E-state index is 0.0245. The third kappa shape index (κ3) is 4.84. The van der Waals surface area contributed by atoms with E-state index < -0.39 is 18.0 Å². The molecular weight excluding hydrogens is 424 g/mol. The van der Waals surface area contributed by atoms with Crippen molar-refractivity contribution >= 4 is 12.0 Å². The molecule has 0 aliphatic heterocycles. The molecule has 176 valence electrons. The van der Waals surface area contributed by atoms with Gasteiger partial charge >= 0.3 is 6.09 Å². The molecule has 34 heavy (non-hydrogen) atoms. The first-order valence-corrected chi connectivity index (χ1v) is 11.7. The van der Waals surface area contributed by atoms with Crippen molar-refractivity contribution in [2.75, 3.05) is 6.54 Å². The topological polar surface area (TPSA) is 83.6 Å². The lowest BCUT2D eigenvalue weighted by atomic mass is 9.86. The van der Waals surface area contributed by atoms with Gasteiger partial charge in [0.25, 0.3) is 0 Å². The third-order valence-corrected chi connectivity index (χ3v) is 6.76. The Kier molecular flexibility index (Phi) is 6.47. The molecule has 0 heterocycles. The Hall–Kier alpha value is -3.60. The molecule has 0 saturated carbocycles. The lowest BCUT2D eigenvalue weighted by molar-refractivity contribution is -0.119. The van der Waals surface area contributed by atoms with Gasteiger partial charge in [0.05, 0.1) is 0 Å². The van der Waals surface area contributed by atoms with E-state index in [2.05, 4.69) is 57.2 Å². The van der Waals surface area contributed by atoms with E-state index in [-0.39, 0.29) is 24.3 Å². The Morgan fingerprint density at radius 3 is 1.91 bits per heavy atom. The highest BCUT2D eigenvalue weighted by atomic mass is 16.4. The van der Waals surface area contributed by atoms with Crippen LogP contribution in [0.3, 0.4) is 0 Å². The zero-order valence-corrected chi connectivity index (χ0v) is 20.0. The normalized spacial score (nSPS) is 13.7. The maximum absolute atomic E-state index is 12.5. The molecule has 1 aliphatic rings. The summed E-state index contributed by atoms with van der Waals surface area (Å²) < 4.78 is 0. The molecule has 0 unspecified atom stereocenters. The SMILES string of the molecule is CC(C)(C)c1ccc(C[C@H](CC(N)=O)N(CC2c3ccccc3-c3ccccc32)C(=O)O)cc1. The first-order chi connectivity index (χ1) is 16.1. The number of nitrogens with two attached hydrogens (primary N) is 1. The molecule has 3 aromatic rings. The number of fused-ring (bicyclic) bond motifs is 3. The molecule has 0 spiro atoms.